The first-order chi connectivity index (χ1) is 8.90. The molecule has 0 rings (SSSR count). The van der Waals surface area contributed by atoms with E-state index in [9.17, 15) is 9.59 Å². The molecule has 0 bridgehead atoms. The van der Waals surface area contributed by atoms with E-state index < -0.39 is 11.9 Å². The maximum atomic E-state index is 11.7. The number of carboxylic acid groups (broad SMARTS) is 1. The van der Waals surface area contributed by atoms with E-state index >= 15 is 0 Å². The predicted octanol–water partition coefficient (Wildman–Crippen LogP) is 1.15. The number of aliphatic carboxylic acids is 1. The third kappa shape index (κ3) is 7.66. The Labute approximate surface area is 114 Å². The third-order valence-corrected chi connectivity index (χ3v) is 3.09. The molecule has 0 aliphatic heterocycles. The quantitative estimate of drug-likeness (QED) is 0.550. The average Bonchev–Trinajstić information content (AvgIpc) is 2.33. The Morgan fingerprint density at radius 3 is 2.32 bits per heavy atom. The summed E-state index contributed by atoms with van der Waals surface area (Å²) >= 11 is 0. The molecule has 6 nitrogen and oxygen atoms in total. The molecule has 6 heteroatoms. The van der Waals surface area contributed by atoms with Gasteiger partial charge in [-0.3, -0.25) is 4.79 Å². The van der Waals surface area contributed by atoms with Gasteiger partial charge >= 0.3 is 12.0 Å². The van der Waals surface area contributed by atoms with Gasteiger partial charge in [-0.15, -0.1) is 0 Å². The number of carbonyl (C=O) groups excluding carboxylic acids is 1. The maximum absolute atomic E-state index is 11.7. The molecule has 0 saturated carbocycles. The summed E-state index contributed by atoms with van der Waals surface area (Å²) < 4.78 is 0. The van der Waals surface area contributed by atoms with Crippen LogP contribution >= 0.6 is 0 Å². The van der Waals surface area contributed by atoms with E-state index in [-0.39, 0.29) is 25.1 Å². The second kappa shape index (κ2) is 9.61. The second-order valence-corrected chi connectivity index (χ2v) is 5.08. The first kappa shape index (κ1) is 17.7. The number of nitrogens with zero attached hydrogens (tertiary/aromatic N) is 1. The van der Waals surface area contributed by atoms with E-state index in [0.29, 0.717) is 6.54 Å². The summed E-state index contributed by atoms with van der Waals surface area (Å²) in [5.41, 5.74) is 0. The van der Waals surface area contributed by atoms with Gasteiger partial charge in [0.05, 0.1) is 5.92 Å². The molecular weight excluding hydrogens is 248 g/mol. The molecule has 0 radical (unpaired) electrons. The Morgan fingerprint density at radius 2 is 1.84 bits per heavy atom. The van der Waals surface area contributed by atoms with Crippen LogP contribution in [0, 0.1) is 11.8 Å². The minimum absolute atomic E-state index is 0.0207. The van der Waals surface area contributed by atoms with Crippen molar-refractivity contribution in [1.29, 1.82) is 0 Å². The molecule has 0 aliphatic rings. The van der Waals surface area contributed by atoms with Gasteiger partial charge in [-0.2, -0.15) is 0 Å². The molecule has 0 heterocycles. The Morgan fingerprint density at radius 1 is 1.21 bits per heavy atom. The Balaban J connectivity index is 3.98. The van der Waals surface area contributed by atoms with E-state index in [1.54, 1.807) is 7.05 Å². The van der Waals surface area contributed by atoms with Gasteiger partial charge in [-0.25, -0.2) is 4.79 Å². The van der Waals surface area contributed by atoms with Crippen molar-refractivity contribution < 1.29 is 19.8 Å². The molecule has 1 atom stereocenters. The maximum Gasteiger partial charge on any atom is 0.317 e. The van der Waals surface area contributed by atoms with Crippen LogP contribution < -0.4 is 5.32 Å². The van der Waals surface area contributed by atoms with Crippen molar-refractivity contribution in [1.82, 2.24) is 10.2 Å². The zero-order valence-electron chi connectivity index (χ0n) is 12.1. The van der Waals surface area contributed by atoms with Crippen LogP contribution in [0.4, 0.5) is 4.79 Å². The van der Waals surface area contributed by atoms with E-state index in [1.165, 1.54) is 4.90 Å². The van der Waals surface area contributed by atoms with E-state index in [4.69, 9.17) is 10.2 Å². The topological polar surface area (TPSA) is 89.9 Å². The van der Waals surface area contributed by atoms with E-state index in [2.05, 4.69) is 5.32 Å². The Bertz CT molecular complexity index is 282. The number of carbonyl (C=O) groups is 2. The largest absolute Gasteiger partial charge is 0.481 e. The van der Waals surface area contributed by atoms with Crippen LogP contribution in [0.3, 0.4) is 0 Å². The van der Waals surface area contributed by atoms with Gasteiger partial charge < -0.3 is 20.4 Å². The summed E-state index contributed by atoms with van der Waals surface area (Å²) in [5, 5.41) is 20.3. The third-order valence-electron chi connectivity index (χ3n) is 3.09. The molecule has 0 aromatic carbocycles. The molecule has 19 heavy (non-hydrogen) atoms. The predicted molar refractivity (Wildman–Crippen MR) is 72.9 cm³/mol. The molecule has 0 aromatic rings. The summed E-state index contributed by atoms with van der Waals surface area (Å²) in [6, 6.07) is -0.254. The zero-order chi connectivity index (χ0) is 14.8. The highest BCUT2D eigenvalue weighted by Crippen LogP contribution is 2.09. The summed E-state index contributed by atoms with van der Waals surface area (Å²) in [5.74, 6) is -1.47. The Hall–Kier alpha value is -1.30. The lowest BCUT2D eigenvalue weighted by Crippen LogP contribution is -2.42. The van der Waals surface area contributed by atoms with E-state index in [1.807, 2.05) is 13.8 Å². The number of amides is 2. The highest BCUT2D eigenvalue weighted by atomic mass is 16.4. The fourth-order valence-electron chi connectivity index (χ4n) is 1.68. The van der Waals surface area contributed by atoms with Crippen LogP contribution in [-0.4, -0.2) is 53.9 Å². The van der Waals surface area contributed by atoms with Crippen LogP contribution in [0.1, 0.15) is 33.1 Å². The minimum Gasteiger partial charge on any atom is -0.481 e. The highest BCUT2D eigenvalue weighted by Gasteiger charge is 2.22. The van der Waals surface area contributed by atoms with Gasteiger partial charge in [0.2, 0.25) is 0 Å². The number of hydrogen-bond acceptors (Lipinski definition) is 3. The molecule has 0 spiro atoms. The standard InChI is InChI=1S/C13H26N2O4/c1-10(2)11(12(17)18)9-14-13(19)15(3)7-5-4-6-8-16/h10-11,16H,4-9H2,1-3H3,(H,14,19)(H,17,18). The number of nitrogens with one attached hydrogen (secondary N) is 1. The van der Waals surface area contributed by atoms with Crippen LogP contribution in [0.25, 0.3) is 0 Å². The second-order valence-electron chi connectivity index (χ2n) is 5.08. The molecule has 0 aliphatic carbocycles. The zero-order valence-corrected chi connectivity index (χ0v) is 12.1. The molecule has 2 amide bonds. The van der Waals surface area contributed by atoms with Crippen LogP contribution in [-0.2, 0) is 4.79 Å². The smallest absolute Gasteiger partial charge is 0.317 e. The van der Waals surface area contributed by atoms with E-state index in [0.717, 1.165) is 19.3 Å². The number of carboxylic acids is 1. The molecule has 3 N–H and O–H groups in total. The van der Waals surface area contributed by atoms with Crippen molar-refractivity contribution >= 4 is 12.0 Å². The molecule has 112 valence electrons. The molecular formula is C13H26N2O4. The average molecular weight is 274 g/mol. The van der Waals surface area contributed by atoms with Gasteiger partial charge in [-0.1, -0.05) is 13.8 Å². The van der Waals surface area contributed by atoms with Crippen LogP contribution in [0.15, 0.2) is 0 Å². The molecule has 0 fully saturated rings. The Kier molecular flexibility index (Phi) is 8.95. The van der Waals surface area contributed by atoms with Crippen molar-refractivity contribution in [3.8, 4) is 0 Å². The summed E-state index contributed by atoms with van der Waals surface area (Å²) in [7, 11) is 1.68. The lowest BCUT2D eigenvalue weighted by Gasteiger charge is -2.21. The van der Waals surface area contributed by atoms with Gasteiger partial charge in [0.1, 0.15) is 0 Å². The van der Waals surface area contributed by atoms with Crippen molar-refractivity contribution in [2.45, 2.75) is 33.1 Å². The summed E-state index contributed by atoms with van der Waals surface area (Å²) in [6.45, 7) is 4.57. The minimum atomic E-state index is -0.888. The summed E-state index contributed by atoms with van der Waals surface area (Å²) in [6.07, 6.45) is 2.44. The highest BCUT2D eigenvalue weighted by molar-refractivity contribution is 5.75. The summed E-state index contributed by atoms with van der Waals surface area (Å²) in [4.78, 5) is 24.2. The normalized spacial score (nSPS) is 12.3. The van der Waals surface area contributed by atoms with Crippen LogP contribution in [0.2, 0.25) is 0 Å². The van der Waals surface area contributed by atoms with Gasteiger partial charge in [0.25, 0.3) is 0 Å². The first-order valence-electron chi connectivity index (χ1n) is 6.72. The van der Waals surface area contributed by atoms with Gasteiger partial charge in [0.15, 0.2) is 0 Å². The van der Waals surface area contributed by atoms with Crippen molar-refractivity contribution in [2.75, 3.05) is 26.7 Å². The number of aliphatic hydroxyl groups is 1. The monoisotopic (exact) mass is 274 g/mol. The van der Waals surface area contributed by atoms with Crippen molar-refractivity contribution in [3.63, 3.8) is 0 Å². The van der Waals surface area contributed by atoms with Crippen molar-refractivity contribution in [2.24, 2.45) is 11.8 Å². The number of rotatable bonds is 9. The lowest BCUT2D eigenvalue weighted by atomic mass is 9.96. The fraction of sp³-hybridized carbons (Fsp3) is 0.846. The molecule has 0 aromatic heterocycles. The lowest BCUT2D eigenvalue weighted by molar-refractivity contribution is -0.142. The van der Waals surface area contributed by atoms with Crippen LogP contribution in [0.5, 0.6) is 0 Å². The first-order valence-corrected chi connectivity index (χ1v) is 6.72. The molecule has 0 saturated heterocycles. The van der Waals surface area contributed by atoms with Gasteiger partial charge in [-0.05, 0) is 25.2 Å². The fourth-order valence-corrected chi connectivity index (χ4v) is 1.68. The van der Waals surface area contributed by atoms with Gasteiger partial charge in [0, 0.05) is 26.7 Å². The van der Waals surface area contributed by atoms with Crippen molar-refractivity contribution in [3.05, 3.63) is 0 Å². The number of urea groups is 1. The number of aliphatic hydroxyl groups excluding tert-OH is 1. The number of hydrogen-bond donors (Lipinski definition) is 3. The SMILES string of the molecule is CC(C)C(CNC(=O)N(C)CCCCCO)C(=O)O. The number of unbranched alkanes of at least 4 members (excludes halogenated alkanes) is 2. The molecule has 1 unspecified atom stereocenters.